The summed E-state index contributed by atoms with van der Waals surface area (Å²) in [4.78, 5) is 6.95. The van der Waals surface area contributed by atoms with Crippen LogP contribution in [-0.4, -0.2) is 23.7 Å². The molecule has 2 rings (SSSR count). The summed E-state index contributed by atoms with van der Waals surface area (Å²) in [7, 11) is 0. The second kappa shape index (κ2) is 5.90. The number of hydrogen-bond donors (Lipinski definition) is 1. The van der Waals surface area contributed by atoms with Crippen molar-refractivity contribution in [3.8, 4) is 5.88 Å². The Morgan fingerprint density at radius 3 is 2.50 bits per heavy atom. The Morgan fingerprint density at radius 2 is 1.95 bits per heavy atom. The molecular formula is C16H27N3O. The Bertz CT molecular complexity index is 446. The average molecular weight is 277 g/mol. The van der Waals surface area contributed by atoms with Gasteiger partial charge in [0.2, 0.25) is 5.88 Å². The Morgan fingerprint density at radius 1 is 1.30 bits per heavy atom. The topological polar surface area (TPSA) is 51.4 Å². The monoisotopic (exact) mass is 277 g/mol. The van der Waals surface area contributed by atoms with Crippen LogP contribution in [-0.2, 0) is 0 Å². The van der Waals surface area contributed by atoms with E-state index in [0.717, 1.165) is 24.8 Å². The van der Waals surface area contributed by atoms with Gasteiger partial charge in [-0.3, -0.25) is 0 Å². The summed E-state index contributed by atoms with van der Waals surface area (Å²) in [5.74, 6) is 2.39. The van der Waals surface area contributed by atoms with Crippen LogP contribution in [0, 0.1) is 5.92 Å². The van der Waals surface area contributed by atoms with E-state index in [1.165, 1.54) is 19.3 Å². The molecule has 1 aliphatic rings. The molecule has 1 aromatic heterocycles. The lowest BCUT2D eigenvalue weighted by atomic mass is 9.94. The van der Waals surface area contributed by atoms with Gasteiger partial charge in [-0.25, -0.2) is 0 Å². The molecule has 0 aliphatic carbocycles. The van der Waals surface area contributed by atoms with E-state index in [9.17, 15) is 0 Å². The molecule has 0 atom stereocenters. The molecule has 0 bridgehead atoms. The third-order valence-electron chi connectivity index (χ3n) is 3.79. The first-order valence-electron chi connectivity index (χ1n) is 7.59. The molecule has 4 nitrogen and oxygen atoms in total. The minimum atomic E-state index is -0.283. The lowest BCUT2D eigenvalue weighted by Gasteiger charge is -2.33. The maximum atomic E-state index is 5.96. The van der Waals surface area contributed by atoms with Gasteiger partial charge in [0.05, 0.1) is 5.69 Å². The van der Waals surface area contributed by atoms with Crippen molar-refractivity contribution in [1.29, 1.82) is 0 Å². The van der Waals surface area contributed by atoms with Crippen molar-refractivity contribution in [3.63, 3.8) is 0 Å². The van der Waals surface area contributed by atoms with E-state index >= 15 is 0 Å². The summed E-state index contributed by atoms with van der Waals surface area (Å²) in [6.45, 7) is 10.4. The fourth-order valence-electron chi connectivity index (χ4n) is 2.56. The zero-order valence-corrected chi connectivity index (χ0v) is 13.1. The predicted molar refractivity (Wildman–Crippen MR) is 84.3 cm³/mol. The zero-order chi connectivity index (χ0) is 14.8. The molecule has 1 aromatic rings. The van der Waals surface area contributed by atoms with E-state index in [2.05, 4.69) is 16.8 Å². The van der Waals surface area contributed by atoms with Crippen molar-refractivity contribution >= 4 is 11.5 Å². The minimum absolute atomic E-state index is 0.283. The number of nitrogens with two attached hydrogens (primary N) is 1. The third kappa shape index (κ3) is 3.78. The van der Waals surface area contributed by atoms with Gasteiger partial charge < -0.3 is 15.4 Å². The summed E-state index contributed by atoms with van der Waals surface area (Å²) in [6.07, 6.45) is 3.78. The number of anilines is 2. The average Bonchev–Trinajstić information content (AvgIpc) is 2.40. The molecule has 2 N–H and O–H groups in total. The summed E-state index contributed by atoms with van der Waals surface area (Å²) < 4.78 is 5.84. The highest BCUT2D eigenvalue weighted by molar-refractivity contribution is 5.54. The molecule has 1 aliphatic heterocycles. The van der Waals surface area contributed by atoms with Crippen molar-refractivity contribution in [1.82, 2.24) is 4.98 Å². The van der Waals surface area contributed by atoms with Crippen LogP contribution in [0.4, 0.5) is 11.5 Å². The standard InChI is InChI=1S/C16H27N3O/c1-5-12-8-10-19(11-9-12)14-7-6-13(17)15(18-14)20-16(2,3)4/h6-7,12H,5,8-11,17H2,1-4H3. The normalized spacial score (nSPS) is 17.3. The van der Waals surface area contributed by atoms with Gasteiger partial charge in [-0.05, 0) is 51.7 Å². The van der Waals surface area contributed by atoms with Gasteiger partial charge in [0.15, 0.2) is 0 Å². The highest BCUT2D eigenvalue weighted by atomic mass is 16.5. The molecule has 20 heavy (non-hydrogen) atoms. The van der Waals surface area contributed by atoms with Crippen LogP contribution in [0.1, 0.15) is 47.0 Å². The molecular weight excluding hydrogens is 250 g/mol. The van der Waals surface area contributed by atoms with E-state index in [1.807, 2.05) is 32.9 Å². The molecule has 2 heterocycles. The van der Waals surface area contributed by atoms with Crippen LogP contribution < -0.4 is 15.4 Å². The van der Waals surface area contributed by atoms with E-state index in [1.54, 1.807) is 0 Å². The molecule has 0 radical (unpaired) electrons. The molecule has 0 amide bonds. The fraction of sp³-hybridized carbons (Fsp3) is 0.688. The maximum Gasteiger partial charge on any atom is 0.239 e. The van der Waals surface area contributed by atoms with Crippen LogP contribution in [0.5, 0.6) is 5.88 Å². The van der Waals surface area contributed by atoms with Gasteiger partial charge in [0.25, 0.3) is 0 Å². The summed E-state index contributed by atoms with van der Waals surface area (Å²) in [6, 6.07) is 3.90. The van der Waals surface area contributed by atoms with Crippen molar-refractivity contribution in [2.24, 2.45) is 5.92 Å². The summed E-state index contributed by atoms with van der Waals surface area (Å²) in [5, 5.41) is 0. The van der Waals surface area contributed by atoms with Crippen LogP contribution in [0.15, 0.2) is 12.1 Å². The van der Waals surface area contributed by atoms with E-state index in [4.69, 9.17) is 10.5 Å². The largest absolute Gasteiger partial charge is 0.470 e. The number of ether oxygens (including phenoxy) is 1. The number of pyridine rings is 1. The van der Waals surface area contributed by atoms with Crippen LogP contribution in [0.3, 0.4) is 0 Å². The highest BCUT2D eigenvalue weighted by Crippen LogP contribution is 2.29. The van der Waals surface area contributed by atoms with Crippen molar-refractivity contribution in [2.45, 2.75) is 52.6 Å². The molecule has 0 spiro atoms. The molecule has 1 fully saturated rings. The first-order valence-corrected chi connectivity index (χ1v) is 7.59. The molecule has 0 aromatic carbocycles. The van der Waals surface area contributed by atoms with E-state index < -0.39 is 0 Å². The summed E-state index contributed by atoms with van der Waals surface area (Å²) in [5.41, 5.74) is 6.28. The third-order valence-corrected chi connectivity index (χ3v) is 3.79. The Hall–Kier alpha value is -1.45. The molecule has 112 valence electrons. The van der Waals surface area contributed by atoms with Crippen molar-refractivity contribution in [2.75, 3.05) is 23.7 Å². The van der Waals surface area contributed by atoms with Gasteiger partial charge in [-0.15, -0.1) is 0 Å². The zero-order valence-electron chi connectivity index (χ0n) is 13.1. The number of hydrogen-bond acceptors (Lipinski definition) is 4. The van der Waals surface area contributed by atoms with Gasteiger partial charge in [-0.2, -0.15) is 4.98 Å². The number of aromatic nitrogens is 1. The van der Waals surface area contributed by atoms with E-state index in [-0.39, 0.29) is 5.60 Å². The van der Waals surface area contributed by atoms with Gasteiger partial charge in [0.1, 0.15) is 11.4 Å². The lowest BCUT2D eigenvalue weighted by Crippen LogP contribution is -2.34. The summed E-state index contributed by atoms with van der Waals surface area (Å²) >= 11 is 0. The number of rotatable bonds is 3. The number of nitrogen functional groups attached to an aromatic ring is 1. The number of nitrogens with zero attached hydrogens (tertiary/aromatic N) is 2. The smallest absolute Gasteiger partial charge is 0.239 e. The lowest BCUT2D eigenvalue weighted by molar-refractivity contribution is 0.125. The SMILES string of the molecule is CCC1CCN(c2ccc(N)c(OC(C)(C)C)n2)CC1. The van der Waals surface area contributed by atoms with Gasteiger partial charge in [-0.1, -0.05) is 13.3 Å². The Labute approximate surface area is 122 Å². The number of piperidine rings is 1. The molecule has 4 heteroatoms. The first-order chi connectivity index (χ1) is 9.39. The van der Waals surface area contributed by atoms with Gasteiger partial charge in [0, 0.05) is 13.1 Å². The Kier molecular flexibility index (Phi) is 4.41. The molecule has 0 saturated carbocycles. The van der Waals surface area contributed by atoms with Crippen LogP contribution >= 0.6 is 0 Å². The maximum absolute atomic E-state index is 5.96. The van der Waals surface area contributed by atoms with Crippen molar-refractivity contribution in [3.05, 3.63) is 12.1 Å². The first kappa shape index (κ1) is 14.9. The molecule has 1 saturated heterocycles. The fourth-order valence-corrected chi connectivity index (χ4v) is 2.56. The second-order valence-electron chi connectivity index (χ2n) is 6.62. The van der Waals surface area contributed by atoms with Crippen molar-refractivity contribution < 1.29 is 4.74 Å². The highest BCUT2D eigenvalue weighted by Gasteiger charge is 2.21. The minimum Gasteiger partial charge on any atom is -0.470 e. The second-order valence-corrected chi connectivity index (χ2v) is 6.62. The van der Waals surface area contributed by atoms with Crippen LogP contribution in [0.2, 0.25) is 0 Å². The van der Waals surface area contributed by atoms with E-state index in [0.29, 0.717) is 11.6 Å². The Balaban J connectivity index is 2.11. The van der Waals surface area contributed by atoms with Gasteiger partial charge >= 0.3 is 0 Å². The van der Waals surface area contributed by atoms with Crippen LogP contribution in [0.25, 0.3) is 0 Å². The quantitative estimate of drug-likeness (QED) is 0.919. The predicted octanol–water partition coefficient (Wildman–Crippen LogP) is 3.47. The molecule has 0 unspecified atom stereocenters.